The molecule has 2 rings (SSSR count). The van der Waals surface area contributed by atoms with Crippen LogP contribution in [0.4, 0.5) is 10.1 Å². The molecular formula is C16H15FN4. The van der Waals surface area contributed by atoms with E-state index in [9.17, 15) is 4.39 Å². The predicted molar refractivity (Wildman–Crippen MR) is 82.7 cm³/mol. The van der Waals surface area contributed by atoms with Gasteiger partial charge in [-0.25, -0.2) is 4.39 Å². The molecule has 0 saturated carbocycles. The Bertz CT molecular complexity index is 730. The fourth-order valence-corrected chi connectivity index (χ4v) is 2.02. The van der Waals surface area contributed by atoms with Crippen molar-refractivity contribution in [2.24, 2.45) is 0 Å². The number of pyridine rings is 1. The molecule has 0 unspecified atom stereocenters. The van der Waals surface area contributed by atoms with Gasteiger partial charge >= 0.3 is 0 Å². The number of nitrogens with one attached hydrogen (secondary N) is 2. The molecular weight excluding hydrogens is 267 g/mol. The van der Waals surface area contributed by atoms with Crippen LogP contribution in [-0.2, 0) is 0 Å². The Morgan fingerprint density at radius 1 is 1.38 bits per heavy atom. The number of hydrogen-bond acceptors (Lipinski definition) is 4. The number of halogens is 1. The number of allylic oxidation sites excluding steroid dienone is 1. The van der Waals surface area contributed by atoms with E-state index in [1.807, 2.05) is 0 Å². The molecule has 4 N–H and O–H groups in total. The van der Waals surface area contributed by atoms with Gasteiger partial charge in [0.25, 0.3) is 0 Å². The number of aromatic nitrogens is 1. The third-order valence-electron chi connectivity index (χ3n) is 3.16. The average Bonchev–Trinajstić information content (AvgIpc) is 2.46. The molecule has 0 atom stereocenters. The van der Waals surface area contributed by atoms with Crippen molar-refractivity contribution in [2.75, 3.05) is 5.73 Å². The SMILES string of the molecule is C=CC(=N)c1cc(C(=N)c2c(C)cccc2F)c(N)cn1. The molecule has 2 aromatic rings. The summed E-state index contributed by atoms with van der Waals surface area (Å²) in [6, 6.07) is 6.14. The van der Waals surface area contributed by atoms with E-state index in [4.69, 9.17) is 16.6 Å². The molecule has 21 heavy (non-hydrogen) atoms. The van der Waals surface area contributed by atoms with Gasteiger partial charge in [-0.3, -0.25) is 15.8 Å². The van der Waals surface area contributed by atoms with Crippen LogP contribution in [0.25, 0.3) is 0 Å². The molecule has 1 aromatic carbocycles. The molecule has 0 aliphatic heterocycles. The van der Waals surface area contributed by atoms with Gasteiger partial charge in [-0.15, -0.1) is 0 Å². The largest absolute Gasteiger partial charge is 0.397 e. The molecule has 0 saturated heterocycles. The molecule has 0 fully saturated rings. The van der Waals surface area contributed by atoms with E-state index >= 15 is 0 Å². The minimum absolute atomic E-state index is 0.0244. The molecule has 0 radical (unpaired) electrons. The molecule has 0 aliphatic carbocycles. The molecule has 4 nitrogen and oxygen atoms in total. The van der Waals surface area contributed by atoms with Gasteiger partial charge in [-0.2, -0.15) is 0 Å². The Hall–Kier alpha value is -2.82. The zero-order valence-corrected chi connectivity index (χ0v) is 11.6. The highest BCUT2D eigenvalue weighted by atomic mass is 19.1. The molecule has 0 amide bonds. The summed E-state index contributed by atoms with van der Waals surface area (Å²) >= 11 is 0. The second-order valence-electron chi connectivity index (χ2n) is 4.58. The molecule has 0 aliphatic rings. The van der Waals surface area contributed by atoms with Gasteiger partial charge in [-0.05, 0) is 30.7 Å². The number of benzene rings is 1. The first-order chi connectivity index (χ1) is 9.95. The summed E-state index contributed by atoms with van der Waals surface area (Å²) in [5.41, 5.74) is 7.75. The lowest BCUT2D eigenvalue weighted by atomic mass is 9.96. The number of nitrogens with two attached hydrogens (primary N) is 1. The fraction of sp³-hybridized carbons (Fsp3) is 0.0625. The van der Waals surface area contributed by atoms with Crippen LogP contribution in [-0.4, -0.2) is 16.4 Å². The van der Waals surface area contributed by atoms with Crippen molar-refractivity contribution in [3.8, 4) is 0 Å². The average molecular weight is 282 g/mol. The third-order valence-corrected chi connectivity index (χ3v) is 3.16. The van der Waals surface area contributed by atoms with E-state index in [0.717, 1.165) is 0 Å². The van der Waals surface area contributed by atoms with Crippen LogP contribution in [0.5, 0.6) is 0 Å². The monoisotopic (exact) mass is 282 g/mol. The highest BCUT2D eigenvalue weighted by Gasteiger charge is 2.16. The van der Waals surface area contributed by atoms with E-state index in [-0.39, 0.29) is 22.7 Å². The summed E-state index contributed by atoms with van der Waals surface area (Å²) in [7, 11) is 0. The smallest absolute Gasteiger partial charge is 0.132 e. The van der Waals surface area contributed by atoms with Gasteiger partial charge in [0.05, 0.1) is 29.0 Å². The second kappa shape index (κ2) is 5.66. The molecule has 1 aromatic heterocycles. The van der Waals surface area contributed by atoms with Gasteiger partial charge in [0, 0.05) is 11.1 Å². The number of rotatable bonds is 4. The standard InChI is InChI=1S/C16H15FN4/c1-3-12(18)14-7-10(13(19)8-21-14)16(20)15-9(2)5-4-6-11(15)17/h3-8,18,20H,1,19H2,2H3. The lowest BCUT2D eigenvalue weighted by Crippen LogP contribution is -2.12. The van der Waals surface area contributed by atoms with Gasteiger partial charge < -0.3 is 5.73 Å². The van der Waals surface area contributed by atoms with Crippen molar-refractivity contribution < 1.29 is 4.39 Å². The van der Waals surface area contributed by atoms with E-state index in [1.165, 1.54) is 24.4 Å². The minimum atomic E-state index is -0.475. The van der Waals surface area contributed by atoms with Crippen LogP contribution in [0.1, 0.15) is 22.4 Å². The molecule has 0 bridgehead atoms. The third kappa shape index (κ3) is 2.72. The quantitative estimate of drug-likeness (QED) is 0.752. The Balaban J connectivity index is 2.58. The first-order valence-corrected chi connectivity index (χ1v) is 6.27. The van der Waals surface area contributed by atoms with Crippen LogP contribution in [0.3, 0.4) is 0 Å². The van der Waals surface area contributed by atoms with Crippen LogP contribution in [0.15, 0.2) is 43.1 Å². The second-order valence-corrected chi connectivity index (χ2v) is 4.58. The van der Waals surface area contributed by atoms with Gasteiger partial charge in [-0.1, -0.05) is 18.7 Å². The summed E-state index contributed by atoms with van der Waals surface area (Å²) in [5.74, 6) is -0.475. The van der Waals surface area contributed by atoms with Crippen LogP contribution in [0.2, 0.25) is 0 Å². The van der Waals surface area contributed by atoms with Crippen molar-refractivity contribution in [3.63, 3.8) is 0 Å². The molecule has 0 spiro atoms. The normalized spacial score (nSPS) is 10.2. The first-order valence-electron chi connectivity index (χ1n) is 6.27. The molecule has 1 heterocycles. The van der Waals surface area contributed by atoms with Crippen molar-refractivity contribution >= 4 is 17.1 Å². The van der Waals surface area contributed by atoms with Crippen LogP contribution >= 0.6 is 0 Å². The first kappa shape index (κ1) is 14.6. The van der Waals surface area contributed by atoms with Crippen LogP contribution in [0, 0.1) is 23.6 Å². The maximum absolute atomic E-state index is 14.0. The predicted octanol–water partition coefficient (Wildman–Crippen LogP) is 3.08. The number of nitrogens with zero attached hydrogens (tertiary/aromatic N) is 1. The van der Waals surface area contributed by atoms with E-state index in [0.29, 0.717) is 16.8 Å². The highest BCUT2D eigenvalue weighted by Crippen LogP contribution is 2.21. The van der Waals surface area contributed by atoms with Gasteiger partial charge in [0.1, 0.15) is 5.82 Å². The van der Waals surface area contributed by atoms with Crippen LogP contribution < -0.4 is 5.73 Å². The zero-order valence-electron chi connectivity index (χ0n) is 11.6. The number of nitrogen functional groups attached to an aromatic ring is 1. The lowest BCUT2D eigenvalue weighted by Gasteiger charge is -2.12. The summed E-state index contributed by atoms with van der Waals surface area (Å²) in [6.07, 6.45) is 2.72. The topological polar surface area (TPSA) is 86.6 Å². The maximum atomic E-state index is 14.0. The van der Waals surface area contributed by atoms with Crippen molar-refractivity contribution in [3.05, 3.63) is 71.3 Å². The van der Waals surface area contributed by atoms with E-state index in [1.54, 1.807) is 19.1 Å². The van der Waals surface area contributed by atoms with Crippen molar-refractivity contribution in [1.29, 1.82) is 10.8 Å². The molecule has 106 valence electrons. The molecule has 5 heteroatoms. The Labute approximate surface area is 122 Å². The summed E-state index contributed by atoms with van der Waals surface area (Å²) in [5, 5.41) is 16.0. The highest BCUT2D eigenvalue weighted by molar-refractivity contribution is 6.16. The summed E-state index contributed by atoms with van der Waals surface area (Å²) in [4.78, 5) is 4.02. The number of hydrogen-bond donors (Lipinski definition) is 3. The zero-order chi connectivity index (χ0) is 15.6. The number of anilines is 1. The maximum Gasteiger partial charge on any atom is 0.132 e. The summed E-state index contributed by atoms with van der Waals surface area (Å²) < 4.78 is 14.0. The Morgan fingerprint density at radius 2 is 2.10 bits per heavy atom. The minimum Gasteiger partial charge on any atom is -0.397 e. The number of aryl methyl sites for hydroxylation is 1. The Kier molecular flexibility index (Phi) is 3.93. The van der Waals surface area contributed by atoms with Gasteiger partial charge in [0.2, 0.25) is 0 Å². The van der Waals surface area contributed by atoms with E-state index < -0.39 is 5.82 Å². The van der Waals surface area contributed by atoms with Crippen molar-refractivity contribution in [1.82, 2.24) is 4.98 Å². The van der Waals surface area contributed by atoms with Gasteiger partial charge in [0.15, 0.2) is 0 Å². The fourth-order valence-electron chi connectivity index (χ4n) is 2.02. The Morgan fingerprint density at radius 3 is 2.71 bits per heavy atom. The van der Waals surface area contributed by atoms with Crippen molar-refractivity contribution in [2.45, 2.75) is 6.92 Å². The lowest BCUT2D eigenvalue weighted by molar-refractivity contribution is 0.624. The summed E-state index contributed by atoms with van der Waals surface area (Å²) in [6.45, 7) is 5.24. The van der Waals surface area contributed by atoms with E-state index in [2.05, 4.69) is 11.6 Å².